The fraction of sp³-hybridized carbons (Fsp3) is 0.423. The molecule has 4 heterocycles. The van der Waals surface area contributed by atoms with Crippen LogP contribution in [0.15, 0.2) is 48.8 Å². The van der Waals surface area contributed by atoms with Crippen LogP contribution in [0, 0.1) is 0 Å². The average Bonchev–Trinajstić information content (AvgIpc) is 3.30. The summed E-state index contributed by atoms with van der Waals surface area (Å²) in [6.07, 6.45) is 5.34. The van der Waals surface area contributed by atoms with Gasteiger partial charge >= 0.3 is 6.03 Å². The van der Waals surface area contributed by atoms with Crippen LogP contribution in [-0.4, -0.2) is 78.1 Å². The first-order valence-corrected chi connectivity index (χ1v) is 12.5. The molecule has 2 atom stereocenters. The molecule has 2 aliphatic heterocycles. The number of rotatable bonds is 7. The van der Waals surface area contributed by atoms with Gasteiger partial charge in [0.25, 0.3) is 0 Å². The molecule has 2 amide bonds. The number of hydrogen-bond acceptors (Lipinski definition) is 9. The van der Waals surface area contributed by atoms with Crippen molar-refractivity contribution in [2.45, 2.75) is 31.8 Å². The highest BCUT2D eigenvalue weighted by atomic mass is 16.5. The molecule has 2 fully saturated rings. The maximum atomic E-state index is 12.4. The number of nitrogens with zero attached hydrogens (tertiary/aromatic N) is 6. The molecule has 0 radical (unpaired) electrons. The Morgan fingerprint density at radius 3 is 2.35 bits per heavy atom. The summed E-state index contributed by atoms with van der Waals surface area (Å²) in [6, 6.07) is 11.1. The number of anilines is 4. The predicted molar refractivity (Wildman–Crippen MR) is 142 cm³/mol. The van der Waals surface area contributed by atoms with Gasteiger partial charge in [0.15, 0.2) is 5.82 Å². The topological polar surface area (TPSA) is 118 Å². The van der Waals surface area contributed by atoms with Crippen molar-refractivity contribution in [1.29, 1.82) is 0 Å². The van der Waals surface area contributed by atoms with Crippen molar-refractivity contribution in [3.63, 3.8) is 0 Å². The maximum absolute atomic E-state index is 12.4. The number of methoxy groups -OCH3 is 1. The number of carbonyl (C=O) groups excluding carboxylic acids is 1. The van der Waals surface area contributed by atoms with E-state index >= 15 is 0 Å². The van der Waals surface area contributed by atoms with E-state index in [1.807, 2.05) is 24.3 Å². The minimum absolute atomic E-state index is 0.221. The van der Waals surface area contributed by atoms with E-state index in [4.69, 9.17) is 24.4 Å². The molecule has 2 N–H and O–H groups in total. The van der Waals surface area contributed by atoms with Gasteiger partial charge in [-0.15, -0.1) is 0 Å². The van der Waals surface area contributed by atoms with Crippen LogP contribution in [-0.2, 0) is 9.47 Å². The lowest BCUT2D eigenvalue weighted by Crippen LogP contribution is -2.40. The predicted octanol–water partition coefficient (Wildman–Crippen LogP) is 3.42. The van der Waals surface area contributed by atoms with Gasteiger partial charge in [0.05, 0.1) is 25.9 Å². The first-order chi connectivity index (χ1) is 18.1. The summed E-state index contributed by atoms with van der Waals surface area (Å²) >= 11 is 0. The Bertz CT molecular complexity index is 1190. The van der Waals surface area contributed by atoms with Crippen molar-refractivity contribution in [1.82, 2.24) is 19.9 Å². The molecule has 0 bridgehead atoms. The van der Waals surface area contributed by atoms with Crippen LogP contribution in [0.4, 0.5) is 28.1 Å². The van der Waals surface area contributed by atoms with Gasteiger partial charge < -0.3 is 29.9 Å². The zero-order chi connectivity index (χ0) is 25.6. The summed E-state index contributed by atoms with van der Waals surface area (Å²) in [6.45, 7) is 5.57. The number of morpholine rings is 1. The Morgan fingerprint density at radius 2 is 1.65 bits per heavy atom. The van der Waals surface area contributed by atoms with Gasteiger partial charge in [-0.1, -0.05) is 0 Å². The second kappa shape index (κ2) is 11.5. The summed E-state index contributed by atoms with van der Waals surface area (Å²) in [5, 5.41) is 5.63. The molecule has 0 aliphatic carbocycles. The molecule has 2 saturated heterocycles. The highest BCUT2D eigenvalue weighted by Gasteiger charge is 2.33. The van der Waals surface area contributed by atoms with Crippen LogP contribution in [0.25, 0.3) is 11.4 Å². The van der Waals surface area contributed by atoms with Crippen molar-refractivity contribution in [3.05, 3.63) is 48.8 Å². The molecule has 2 unspecified atom stereocenters. The lowest BCUT2D eigenvalue weighted by Gasteiger charge is -2.31. The second-order valence-corrected chi connectivity index (χ2v) is 9.19. The smallest absolute Gasteiger partial charge is 0.323 e. The number of aromatic nitrogens is 4. The number of urea groups is 1. The standard InChI is InChI=1S/C26H32N8O3/c1-18-3-8-22(17-36-2)34(18)25-31-23(30-24(32-25)33-13-15-37-16-14-33)19-4-6-20(7-5-19)28-26(35)29-21-9-11-27-12-10-21/h4-7,9-12,18,22H,3,8,13-17H2,1-2H3,(H2,27,28,29,35). The van der Waals surface area contributed by atoms with Gasteiger partial charge in [0.2, 0.25) is 11.9 Å². The van der Waals surface area contributed by atoms with E-state index in [2.05, 4.69) is 32.3 Å². The number of pyridine rings is 1. The number of nitrogens with one attached hydrogen (secondary N) is 2. The monoisotopic (exact) mass is 504 g/mol. The zero-order valence-electron chi connectivity index (χ0n) is 21.1. The lowest BCUT2D eigenvalue weighted by molar-refractivity contribution is 0.122. The summed E-state index contributed by atoms with van der Waals surface area (Å²) in [5.74, 6) is 1.91. The van der Waals surface area contributed by atoms with Crippen LogP contribution in [0.5, 0.6) is 0 Å². The van der Waals surface area contributed by atoms with E-state index in [9.17, 15) is 4.79 Å². The Hall–Kier alpha value is -3.83. The molecule has 0 spiro atoms. The van der Waals surface area contributed by atoms with E-state index in [0.717, 1.165) is 31.5 Å². The first-order valence-electron chi connectivity index (χ1n) is 12.5. The Labute approximate surface area is 216 Å². The minimum atomic E-state index is -0.330. The molecule has 11 heteroatoms. The van der Waals surface area contributed by atoms with Gasteiger partial charge in [0.1, 0.15) is 0 Å². The zero-order valence-corrected chi connectivity index (χ0v) is 21.1. The van der Waals surface area contributed by atoms with E-state index in [1.165, 1.54) is 0 Å². The molecular formula is C26H32N8O3. The van der Waals surface area contributed by atoms with Crippen molar-refractivity contribution >= 4 is 29.3 Å². The lowest BCUT2D eigenvalue weighted by atomic mass is 10.2. The highest BCUT2D eigenvalue weighted by molar-refractivity contribution is 5.99. The third-order valence-corrected chi connectivity index (χ3v) is 6.62. The van der Waals surface area contributed by atoms with E-state index in [-0.39, 0.29) is 12.1 Å². The quantitative estimate of drug-likeness (QED) is 0.499. The minimum Gasteiger partial charge on any atom is -0.383 e. The third kappa shape index (κ3) is 5.95. The fourth-order valence-corrected chi connectivity index (χ4v) is 4.72. The molecule has 194 valence electrons. The molecular weight excluding hydrogens is 472 g/mol. The van der Waals surface area contributed by atoms with Crippen LogP contribution >= 0.6 is 0 Å². The van der Waals surface area contributed by atoms with Gasteiger partial charge in [-0.2, -0.15) is 15.0 Å². The number of amides is 2. The van der Waals surface area contributed by atoms with Gasteiger partial charge in [-0.3, -0.25) is 4.98 Å². The van der Waals surface area contributed by atoms with Gasteiger partial charge in [-0.05, 0) is 56.2 Å². The first kappa shape index (κ1) is 24.8. The van der Waals surface area contributed by atoms with E-state index in [1.54, 1.807) is 31.6 Å². The summed E-state index contributed by atoms with van der Waals surface area (Å²) < 4.78 is 11.0. The molecule has 11 nitrogen and oxygen atoms in total. The average molecular weight is 505 g/mol. The van der Waals surface area contributed by atoms with Crippen LogP contribution < -0.4 is 20.4 Å². The van der Waals surface area contributed by atoms with Crippen molar-refractivity contribution in [3.8, 4) is 11.4 Å². The number of hydrogen-bond donors (Lipinski definition) is 2. The van der Waals surface area contributed by atoms with Crippen molar-refractivity contribution < 1.29 is 14.3 Å². The van der Waals surface area contributed by atoms with Crippen LogP contribution in [0.2, 0.25) is 0 Å². The molecule has 1 aromatic carbocycles. The van der Waals surface area contributed by atoms with Crippen LogP contribution in [0.1, 0.15) is 19.8 Å². The van der Waals surface area contributed by atoms with Crippen molar-refractivity contribution in [2.24, 2.45) is 0 Å². The molecule has 3 aromatic rings. The number of benzene rings is 1. The Balaban J connectivity index is 1.40. The Kier molecular flexibility index (Phi) is 7.71. The van der Waals surface area contributed by atoms with Gasteiger partial charge in [0, 0.05) is 55.6 Å². The molecule has 2 aliphatic rings. The largest absolute Gasteiger partial charge is 0.383 e. The van der Waals surface area contributed by atoms with E-state index in [0.29, 0.717) is 55.0 Å². The molecule has 37 heavy (non-hydrogen) atoms. The third-order valence-electron chi connectivity index (χ3n) is 6.62. The number of carbonyl (C=O) groups is 1. The number of ether oxygens (including phenoxy) is 2. The normalized spacial score (nSPS) is 19.6. The molecule has 0 saturated carbocycles. The fourth-order valence-electron chi connectivity index (χ4n) is 4.72. The summed E-state index contributed by atoms with van der Waals surface area (Å²) in [7, 11) is 1.73. The van der Waals surface area contributed by atoms with E-state index < -0.39 is 0 Å². The maximum Gasteiger partial charge on any atom is 0.323 e. The Morgan fingerprint density at radius 1 is 0.973 bits per heavy atom. The van der Waals surface area contributed by atoms with Crippen LogP contribution in [0.3, 0.4) is 0 Å². The second-order valence-electron chi connectivity index (χ2n) is 9.19. The highest BCUT2D eigenvalue weighted by Crippen LogP contribution is 2.31. The summed E-state index contributed by atoms with van der Waals surface area (Å²) in [4.78, 5) is 35.3. The molecule has 5 rings (SSSR count). The van der Waals surface area contributed by atoms with Crippen molar-refractivity contribution in [2.75, 3.05) is 60.5 Å². The summed E-state index contributed by atoms with van der Waals surface area (Å²) in [5.41, 5.74) is 2.17. The molecule has 2 aromatic heterocycles. The SMILES string of the molecule is COCC1CCC(C)N1c1nc(-c2ccc(NC(=O)Nc3ccncc3)cc2)nc(N2CCOCC2)n1. The van der Waals surface area contributed by atoms with Gasteiger partial charge in [-0.25, -0.2) is 4.79 Å².